The van der Waals surface area contributed by atoms with Crippen molar-refractivity contribution in [3.63, 3.8) is 0 Å². The Morgan fingerprint density at radius 1 is 1.10 bits per heavy atom. The number of rotatable bonds is 9. The highest BCUT2D eigenvalue weighted by molar-refractivity contribution is 7.93. The number of aliphatic carboxylic acids is 1. The number of nitrogens with one attached hydrogen (secondary N) is 2. The number of sulfonamides is 1. The predicted molar refractivity (Wildman–Crippen MR) is 149 cm³/mol. The maximum Gasteiger partial charge on any atom is 0.324 e. The van der Waals surface area contributed by atoms with Gasteiger partial charge in [0.25, 0.3) is 10.0 Å². The van der Waals surface area contributed by atoms with E-state index in [0.29, 0.717) is 28.8 Å². The van der Waals surface area contributed by atoms with Crippen molar-refractivity contribution in [3.8, 4) is 0 Å². The van der Waals surface area contributed by atoms with Crippen LogP contribution in [0.3, 0.4) is 0 Å². The van der Waals surface area contributed by atoms with E-state index >= 15 is 0 Å². The first-order valence-electron chi connectivity index (χ1n) is 11.9. The third-order valence-corrected chi connectivity index (χ3v) is 8.14. The highest BCUT2D eigenvalue weighted by Gasteiger charge is 2.29. The maximum atomic E-state index is 13.8. The second-order valence-electron chi connectivity index (χ2n) is 8.84. The molecular formula is C27H25N7O4S. The van der Waals surface area contributed by atoms with Crippen molar-refractivity contribution >= 4 is 55.1 Å². The van der Waals surface area contributed by atoms with Crippen LogP contribution in [0.1, 0.15) is 11.4 Å². The number of para-hydroxylation sites is 1. The van der Waals surface area contributed by atoms with E-state index in [2.05, 4.69) is 15.3 Å². The molecule has 5 rings (SSSR count). The van der Waals surface area contributed by atoms with E-state index in [9.17, 15) is 18.3 Å². The molecule has 0 spiro atoms. The summed E-state index contributed by atoms with van der Waals surface area (Å²) in [5.74, 6) is -0.624. The molecule has 0 amide bonds. The Kier molecular flexibility index (Phi) is 6.62. The van der Waals surface area contributed by atoms with E-state index in [1.807, 2.05) is 23.7 Å². The lowest BCUT2D eigenvalue weighted by atomic mass is 10.2. The molecule has 39 heavy (non-hydrogen) atoms. The summed E-state index contributed by atoms with van der Waals surface area (Å²) in [5.41, 5.74) is 8.65. The first-order chi connectivity index (χ1) is 18.6. The average molecular weight is 544 g/mol. The molecule has 0 saturated heterocycles. The predicted octanol–water partition coefficient (Wildman–Crippen LogP) is 3.30. The molecule has 0 radical (unpaired) electrons. The van der Waals surface area contributed by atoms with Crippen molar-refractivity contribution in [1.82, 2.24) is 14.5 Å². The van der Waals surface area contributed by atoms with Crippen molar-refractivity contribution in [2.24, 2.45) is 12.8 Å². The summed E-state index contributed by atoms with van der Waals surface area (Å²) in [5, 5.41) is 21.0. The molecular weight excluding hydrogens is 518 g/mol. The van der Waals surface area contributed by atoms with Crippen LogP contribution >= 0.6 is 0 Å². The van der Waals surface area contributed by atoms with Gasteiger partial charge in [0.1, 0.15) is 23.1 Å². The number of aromatic nitrogens is 3. The maximum absolute atomic E-state index is 13.8. The van der Waals surface area contributed by atoms with E-state index in [4.69, 9.17) is 11.1 Å². The molecule has 3 aromatic carbocycles. The van der Waals surface area contributed by atoms with Gasteiger partial charge in [-0.05, 0) is 54.6 Å². The largest absolute Gasteiger partial charge is 0.480 e. The summed E-state index contributed by atoms with van der Waals surface area (Å²) in [6.07, 6.45) is 1.50. The van der Waals surface area contributed by atoms with Crippen LogP contribution in [0.4, 0.5) is 11.4 Å². The van der Waals surface area contributed by atoms with Crippen LogP contribution in [-0.2, 0) is 28.4 Å². The van der Waals surface area contributed by atoms with Crippen molar-refractivity contribution in [2.75, 3.05) is 16.2 Å². The number of anilines is 2. The average Bonchev–Trinajstić information content (AvgIpc) is 3.24. The number of amidine groups is 1. The summed E-state index contributed by atoms with van der Waals surface area (Å²) >= 11 is 0. The van der Waals surface area contributed by atoms with Crippen LogP contribution in [0.2, 0.25) is 0 Å². The molecule has 0 unspecified atom stereocenters. The van der Waals surface area contributed by atoms with Gasteiger partial charge in [-0.25, -0.2) is 13.4 Å². The Balaban J connectivity index is 1.49. The number of imidazole rings is 1. The summed E-state index contributed by atoms with van der Waals surface area (Å²) in [4.78, 5) is 20.6. The fourth-order valence-electron chi connectivity index (χ4n) is 4.34. The fourth-order valence-corrected chi connectivity index (χ4v) is 5.92. The molecule has 0 aliphatic carbocycles. The van der Waals surface area contributed by atoms with Crippen LogP contribution in [0, 0.1) is 5.41 Å². The zero-order valence-corrected chi connectivity index (χ0v) is 21.7. The molecule has 0 fully saturated rings. The van der Waals surface area contributed by atoms with Crippen LogP contribution in [0.5, 0.6) is 0 Å². The lowest BCUT2D eigenvalue weighted by molar-refractivity contribution is -0.135. The zero-order valence-electron chi connectivity index (χ0n) is 20.9. The molecule has 5 aromatic rings. The summed E-state index contributed by atoms with van der Waals surface area (Å²) in [7, 11) is -2.44. The van der Waals surface area contributed by atoms with Gasteiger partial charge in [0, 0.05) is 29.9 Å². The van der Waals surface area contributed by atoms with Gasteiger partial charge < -0.3 is 20.7 Å². The Labute approximate surface area is 224 Å². The number of hydrogen-bond acceptors (Lipinski definition) is 7. The molecule has 2 heterocycles. The number of nitrogens with zero attached hydrogens (tertiary/aromatic N) is 4. The van der Waals surface area contributed by atoms with Gasteiger partial charge in [-0.3, -0.25) is 19.5 Å². The minimum Gasteiger partial charge on any atom is -0.480 e. The molecule has 0 saturated carbocycles. The lowest BCUT2D eigenvalue weighted by Gasteiger charge is -2.23. The van der Waals surface area contributed by atoms with E-state index in [0.717, 1.165) is 15.5 Å². The second-order valence-corrected chi connectivity index (χ2v) is 10.7. The first kappa shape index (κ1) is 25.7. The second kappa shape index (κ2) is 10.1. The SMILES string of the molecule is Cn1c(CNc2ccc(C(=N)N)cc2)nc2cc(N(CC(=O)O)S(=O)(=O)c3cccc4cccnc34)ccc21. The number of pyridine rings is 1. The molecule has 12 heteroatoms. The van der Waals surface area contributed by atoms with Crippen LogP contribution < -0.4 is 15.4 Å². The van der Waals surface area contributed by atoms with Crippen LogP contribution in [-0.4, -0.2) is 46.4 Å². The standard InChI is InChI=1S/C27H25N7O4S/c1-33-22-12-11-20(14-21(22)32-24(33)15-31-19-9-7-18(8-10-19)27(28)29)34(16-25(35)36)39(37,38)23-6-2-4-17-5-3-13-30-26(17)23/h2-14,31H,15-16H2,1H3,(H3,28,29)(H,35,36). The number of carboxylic acids is 1. The first-order valence-corrected chi connectivity index (χ1v) is 13.3. The van der Waals surface area contributed by atoms with Gasteiger partial charge in [-0.2, -0.15) is 0 Å². The van der Waals surface area contributed by atoms with Gasteiger partial charge in [0.15, 0.2) is 0 Å². The van der Waals surface area contributed by atoms with Crippen molar-refractivity contribution in [1.29, 1.82) is 5.41 Å². The van der Waals surface area contributed by atoms with Crippen LogP contribution in [0.25, 0.3) is 21.9 Å². The third-order valence-electron chi connectivity index (χ3n) is 6.33. The molecule has 198 valence electrons. The molecule has 5 N–H and O–H groups in total. The Morgan fingerprint density at radius 2 is 1.85 bits per heavy atom. The minimum absolute atomic E-state index is 0.0108. The number of hydrogen-bond donors (Lipinski definition) is 4. The molecule has 0 aliphatic heterocycles. The quantitative estimate of drug-likeness (QED) is 0.162. The lowest BCUT2D eigenvalue weighted by Crippen LogP contribution is -2.36. The summed E-state index contributed by atoms with van der Waals surface area (Å²) in [6.45, 7) is -0.396. The molecule has 0 bridgehead atoms. The molecule has 2 aromatic heterocycles. The number of fused-ring (bicyclic) bond motifs is 2. The number of carboxylic acid groups (broad SMARTS) is 1. The van der Waals surface area contributed by atoms with E-state index in [-0.39, 0.29) is 21.9 Å². The number of nitrogens with two attached hydrogens (primary N) is 1. The normalized spacial score (nSPS) is 11.5. The number of carbonyl (C=O) groups is 1. The topological polar surface area (TPSA) is 167 Å². The molecule has 0 atom stereocenters. The molecule has 11 nitrogen and oxygen atoms in total. The van der Waals surface area contributed by atoms with Crippen molar-refractivity contribution < 1.29 is 18.3 Å². The smallest absolute Gasteiger partial charge is 0.324 e. The van der Waals surface area contributed by atoms with E-state index in [1.54, 1.807) is 54.6 Å². The van der Waals surface area contributed by atoms with Crippen LogP contribution in [0.15, 0.2) is 83.9 Å². The zero-order chi connectivity index (χ0) is 27.7. The Hall–Kier alpha value is -4.97. The third kappa shape index (κ3) is 4.97. The Bertz CT molecular complexity index is 1830. The summed E-state index contributed by atoms with van der Waals surface area (Å²) in [6, 6.07) is 20.2. The Morgan fingerprint density at radius 3 is 2.56 bits per heavy atom. The number of nitrogen functional groups attached to an aromatic ring is 1. The van der Waals surface area contributed by atoms with Gasteiger partial charge in [-0.1, -0.05) is 18.2 Å². The minimum atomic E-state index is -4.28. The van der Waals surface area contributed by atoms with Gasteiger partial charge in [-0.15, -0.1) is 0 Å². The highest BCUT2D eigenvalue weighted by Crippen LogP contribution is 2.30. The molecule has 0 aliphatic rings. The summed E-state index contributed by atoms with van der Waals surface area (Å²) < 4.78 is 30.3. The van der Waals surface area contributed by atoms with Crippen molar-refractivity contribution in [3.05, 3.63) is 90.4 Å². The number of aryl methyl sites for hydroxylation is 1. The van der Waals surface area contributed by atoms with E-state index in [1.165, 1.54) is 12.3 Å². The van der Waals surface area contributed by atoms with Gasteiger partial charge in [0.05, 0.1) is 28.8 Å². The number of benzene rings is 3. The highest BCUT2D eigenvalue weighted by atomic mass is 32.2. The van der Waals surface area contributed by atoms with Gasteiger partial charge in [0.2, 0.25) is 0 Å². The fraction of sp³-hybridized carbons (Fsp3) is 0.111. The monoisotopic (exact) mass is 543 g/mol. The van der Waals surface area contributed by atoms with E-state index < -0.39 is 22.5 Å². The van der Waals surface area contributed by atoms with Gasteiger partial charge >= 0.3 is 5.97 Å². The van der Waals surface area contributed by atoms with Crippen molar-refractivity contribution in [2.45, 2.75) is 11.4 Å².